The zero-order valence-corrected chi connectivity index (χ0v) is 12.4. The normalized spacial score (nSPS) is 32.5. The Labute approximate surface area is 118 Å². The molecule has 2 aliphatic heterocycles. The fourth-order valence-corrected chi connectivity index (χ4v) is 4.23. The van der Waals surface area contributed by atoms with Crippen molar-refractivity contribution in [2.75, 3.05) is 45.8 Å². The van der Waals surface area contributed by atoms with Gasteiger partial charge in [0.05, 0.1) is 0 Å². The SMILES string of the molecule is C1CCCC(CN2CCC(N3CCNCC3)C2)CC1. The van der Waals surface area contributed by atoms with E-state index in [1.54, 1.807) is 0 Å². The summed E-state index contributed by atoms with van der Waals surface area (Å²) in [5, 5.41) is 3.47. The van der Waals surface area contributed by atoms with E-state index in [-0.39, 0.29) is 0 Å². The van der Waals surface area contributed by atoms with E-state index in [1.807, 2.05) is 0 Å². The second kappa shape index (κ2) is 7.05. The molecule has 0 radical (unpaired) electrons. The Morgan fingerprint density at radius 2 is 1.58 bits per heavy atom. The summed E-state index contributed by atoms with van der Waals surface area (Å²) < 4.78 is 0. The van der Waals surface area contributed by atoms with Crippen LogP contribution in [-0.4, -0.2) is 61.7 Å². The minimum Gasteiger partial charge on any atom is -0.314 e. The summed E-state index contributed by atoms with van der Waals surface area (Å²) in [6.07, 6.45) is 10.3. The number of likely N-dealkylation sites (tertiary alicyclic amines) is 1. The molecular weight excluding hydrogens is 234 g/mol. The molecule has 3 rings (SSSR count). The molecule has 3 heteroatoms. The van der Waals surface area contributed by atoms with E-state index in [4.69, 9.17) is 0 Å². The predicted molar refractivity (Wildman–Crippen MR) is 80.5 cm³/mol. The molecule has 110 valence electrons. The molecule has 2 heterocycles. The van der Waals surface area contributed by atoms with Crippen LogP contribution in [0.3, 0.4) is 0 Å². The molecule has 1 atom stereocenters. The average molecular weight is 265 g/mol. The Morgan fingerprint density at radius 1 is 0.842 bits per heavy atom. The van der Waals surface area contributed by atoms with E-state index in [1.165, 1.54) is 90.8 Å². The quantitative estimate of drug-likeness (QED) is 0.787. The van der Waals surface area contributed by atoms with Crippen molar-refractivity contribution < 1.29 is 0 Å². The molecular formula is C16H31N3. The van der Waals surface area contributed by atoms with E-state index >= 15 is 0 Å². The monoisotopic (exact) mass is 265 g/mol. The first kappa shape index (κ1) is 13.8. The van der Waals surface area contributed by atoms with Crippen molar-refractivity contribution in [3.8, 4) is 0 Å². The molecule has 1 saturated carbocycles. The lowest BCUT2D eigenvalue weighted by Crippen LogP contribution is -2.49. The molecule has 0 aromatic heterocycles. The molecule has 1 unspecified atom stereocenters. The van der Waals surface area contributed by atoms with Crippen LogP contribution in [0.4, 0.5) is 0 Å². The summed E-state index contributed by atoms with van der Waals surface area (Å²) >= 11 is 0. The molecule has 0 bridgehead atoms. The second-order valence-electron chi connectivity index (χ2n) is 6.85. The molecule has 0 aromatic carbocycles. The summed E-state index contributed by atoms with van der Waals surface area (Å²) in [4.78, 5) is 5.49. The van der Waals surface area contributed by atoms with E-state index in [0.29, 0.717) is 0 Å². The van der Waals surface area contributed by atoms with Crippen molar-refractivity contribution in [2.24, 2.45) is 5.92 Å². The topological polar surface area (TPSA) is 18.5 Å². The minimum absolute atomic E-state index is 0.855. The van der Waals surface area contributed by atoms with Gasteiger partial charge in [-0.05, 0) is 31.7 Å². The standard InChI is InChI=1S/C16H31N3/c1-2-4-6-15(5-3-1)13-18-10-7-16(14-18)19-11-8-17-9-12-19/h15-17H,1-14H2. The van der Waals surface area contributed by atoms with Crippen molar-refractivity contribution in [3.63, 3.8) is 0 Å². The molecule has 3 nitrogen and oxygen atoms in total. The molecule has 3 aliphatic rings. The highest BCUT2D eigenvalue weighted by atomic mass is 15.3. The van der Waals surface area contributed by atoms with Crippen molar-refractivity contribution >= 4 is 0 Å². The number of nitrogens with one attached hydrogen (secondary N) is 1. The second-order valence-corrected chi connectivity index (χ2v) is 6.85. The highest BCUT2D eigenvalue weighted by Gasteiger charge is 2.29. The summed E-state index contributed by atoms with van der Waals surface area (Å²) in [6, 6.07) is 0.855. The summed E-state index contributed by atoms with van der Waals surface area (Å²) in [7, 11) is 0. The largest absolute Gasteiger partial charge is 0.314 e. The fraction of sp³-hybridized carbons (Fsp3) is 1.00. The Morgan fingerprint density at radius 3 is 2.32 bits per heavy atom. The Kier molecular flexibility index (Phi) is 5.14. The molecule has 2 saturated heterocycles. The number of hydrogen-bond acceptors (Lipinski definition) is 3. The third kappa shape index (κ3) is 3.93. The maximum atomic E-state index is 3.47. The lowest BCUT2D eigenvalue weighted by Gasteiger charge is -2.33. The Bertz CT molecular complexity index is 255. The lowest BCUT2D eigenvalue weighted by molar-refractivity contribution is 0.166. The van der Waals surface area contributed by atoms with Crippen molar-refractivity contribution in [1.82, 2.24) is 15.1 Å². The highest BCUT2D eigenvalue weighted by Crippen LogP contribution is 2.25. The van der Waals surface area contributed by atoms with Gasteiger partial charge in [0.15, 0.2) is 0 Å². The van der Waals surface area contributed by atoms with Gasteiger partial charge < -0.3 is 10.2 Å². The number of nitrogens with zero attached hydrogens (tertiary/aromatic N) is 2. The fourth-order valence-electron chi connectivity index (χ4n) is 4.23. The maximum Gasteiger partial charge on any atom is 0.0236 e. The van der Waals surface area contributed by atoms with Gasteiger partial charge in [-0.2, -0.15) is 0 Å². The van der Waals surface area contributed by atoms with Crippen LogP contribution in [0.5, 0.6) is 0 Å². The van der Waals surface area contributed by atoms with Gasteiger partial charge in [0, 0.05) is 45.3 Å². The van der Waals surface area contributed by atoms with Crippen LogP contribution in [0.15, 0.2) is 0 Å². The number of hydrogen-bond donors (Lipinski definition) is 1. The molecule has 3 fully saturated rings. The van der Waals surface area contributed by atoms with Crippen LogP contribution in [0.25, 0.3) is 0 Å². The van der Waals surface area contributed by atoms with Gasteiger partial charge in [-0.25, -0.2) is 0 Å². The van der Waals surface area contributed by atoms with Gasteiger partial charge in [-0.1, -0.05) is 25.7 Å². The minimum atomic E-state index is 0.855. The Balaban J connectivity index is 1.43. The van der Waals surface area contributed by atoms with Gasteiger partial charge in [-0.3, -0.25) is 4.90 Å². The van der Waals surface area contributed by atoms with Crippen LogP contribution in [-0.2, 0) is 0 Å². The van der Waals surface area contributed by atoms with E-state index in [0.717, 1.165) is 12.0 Å². The first-order valence-electron chi connectivity index (χ1n) is 8.59. The van der Waals surface area contributed by atoms with Gasteiger partial charge >= 0.3 is 0 Å². The molecule has 1 aliphatic carbocycles. The van der Waals surface area contributed by atoms with E-state index in [2.05, 4.69) is 15.1 Å². The van der Waals surface area contributed by atoms with E-state index in [9.17, 15) is 0 Å². The number of rotatable bonds is 3. The van der Waals surface area contributed by atoms with Gasteiger partial charge in [0.1, 0.15) is 0 Å². The van der Waals surface area contributed by atoms with Crippen molar-refractivity contribution in [1.29, 1.82) is 0 Å². The zero-order valence-electron chi connectivity index (χ0n) is 12.4. The highest BCUT2D eigenvalue weighted by molar-refractivity contribution is 4.86. The van der Waals surface area contributed by atoms with Crippen molar-refractivity contribution in [2.45, 2.75) is 51.0 Å². The van der Waals surface area contributed by atoms with Crippen LogP contribution >= 0.6 is 0 Å². The molecule has 0 spiro atoms. The van der Waals surface area contributed by atoms with Crippen LogP contribution in [0, 0.1) is 5.92 Å². The van der Waals surface area contributed by atoms with Gasteiger partial charge in [0.25, 0.3) is 0 Å². The van der Waals surface area contributed by atoms with Crippen LogP contribution in [0.2, 0.25) is 0 Å². The first-order chi connectivity index (χ1) is 9.42. The number of piperazine rings is 1. The van der Waals surface area contributed by atoms with Crippen LogP contribution in [0.1, 0.15) is 44.9 Å². The zero-order chi connectivity index (χ0) is 12.9. The van der Waals surface area contributed by atoms with Gasteiger partial charge in [-0.15, -0.1) is 0 Å². The summed E-state index contributed by atoms with van der Waals surface area (Å²) in [5.74, 6) is 1.00. The summed E-state index contributed by atoms with van der Waals surface area (Å²) in [6.45, 7) is 9.01. The maximum absolute atomic E-state index is 3.47. The third-order valence-electron chi connectivity index (χ3n) is 5.41. The molecule has 0 amide bonds. The van der Waals surface area contributed by atoms with Crippen molar-refractivity contribution in [3.05, 3.63) is 0 Å². The lowest BCUT2D eigenvalue weighted by atomic mass is 10.00. The average Bonchev–Trinajstić information content (AvgIpc) is 2.76. The first-order valence-corrected chi connectivity index (χ1v) is 8.59. The van der Waals surface area contributed by atoms with Gasteiger partial charge in [0.2, 0.25) is 0 Å². The van der Waals surface area contributed by atoms with Crippen LogP contribution < -0.4 is 5.32 Å². The third-order valence-corrected chi connectivity index (χ3v) is 5.41. The smallest absolute Gasteiger partial charge is 0.0236 e. The predicted octanol–water partition coefficient (Wildman–Crippen LogP) is 1.94. The summed E-state index contributed by atoms with van der Waals surface area (Å²) in [5.41, 5.74) is 0. The van der Waals surface area contributed by atoms with E-state index < -0.39 is 0 Å². The Hall–Kier alpha value is -0.120. The molecule has 0 aromatic rings. The molecule has 19 heavy (non-hydrogen) atoms. The molecule has 1 N–H and O–H groups in total.